The summed E-state index contributed by atoms with van der Waals surface area (Å²) < 4.78 is 0. The van der Waals surface area contributed by atoms with Gasteiger partial charge in [-0.15, -0.1) is 12.4 Å². The number of amides is 1. The van der Waals surface area contributed by atoms with Gasteiger partial charge in [0.1, 0.15) is 0 Å². The fourth-order valence-corrected chi connectivity index (χ4v) is 2.46. The van der Waals surface area contributed by atoms with Crippen LogP contribution in [0.1, 0.15) is 48.9 Å². The monoisotopic (exact) mass is 298 g/mol. The fourth-order valence-electron chi connectivity index (χ4n) is 2.46. The van der Waals surface area contributed by atoms with E-state index in [0.717, 1.165) is 6.54 Å². The van der Waals surface area contributed by atoms with E-state index in [1.165, 1.54) is 50.9 Å². The Labute approximate surface area is 126 Å². The topological polar surface area (TPSA) is 66.9 Å². The zero-order valence-corrected chi connectivity index (χ0v) is 12.5. The third-order valence-corrected chi connectivity index (χ3v) is 3.55. The molecule has 1 aliphatic rings. The van der Waals surface area contributed by atoms with Crippen LogP contribution in [-0.2, 0) is 0 Å². The summed E-state index contributed by atoms with van der Waals surface area (Å²) in [5.41, 5.74) is 0.560. The molecule has 2 N–H and O–H groups in total. The Kier molecular flexibility index (Phi) is 8.14. The normalized spacial score (nSPS) is 16.0. The fraction of sp³-hybridized carbons (Fsp3) is 0.643. The van der Waals surface area contributed by atoms with Crippen LogP contribution >= 0.6 is 12.4 Å². The molecule has 0 atom stereocenters. The van der Waals surface area contributed by atoms with Crippen molar-refractivity contribution in [2.75, 3.05) is 13.1 Å². The first-order valence-electron chi connectivity index (χ1n) is 7.14. The maximum absolute atomic E-state index is 11.7. The number of nitrogens with one attached hydrogen (secondary N) is 2. The molecule has 0 aliphatic heterocycles. The summed E-state index contributed by atoms with van der Waals surface area (Å²) in [4.78, 5) is 11.7. The van der Waals surface area contributed by atoms with E-state index >= 15 is 0 Å². The van der Waals surface area contributed by atoms with Crippen molar-refractivity contribution in [1.82, 2.24) is 20.8 Å². The molecule has 2 rings (SSSR count). The molecule has 112 valence electrons. The largest absolute Gasteiger partial charge is 0.351 e. The molecule has 1 aliphatic carbocycles. The molecular formula is C14H23ClN4O. The van der Waals surface area contributed by atoms with Crippen molar-refractivity contribution in [2.45, 2.75) is 44.6 Å². The standard InChI is InChI=1S/C14H22N4O.ClH/c19-14(12-7-8-17-18-11-12)16-10-9-15-13-5-3-1-2-4-6-13;/h7-8,11,13,15H,1-6,9-10H2,(H,16,19);1H. The summed E-state index contributed by atoms with van der Waals surface area (Å²) in [5.74, 6) is -0.0856. The van der Waals surface area contributed by atoms with E-state index in [1.54, 1.807) is 6.07 Å². The Hall–Kier alpha value is -1.20. The predicted molar refractivity (Wildman–Crippen MR) is 81.1 cm³/mol. The number of halogens is 1. The van der Waals surface area contributed by atoms with Crippen molar-refractivity contribution >= 4 is 18.3 Å². The molecule has 0 aromatic carbocycles. The van der Waals surface area contributed by atoms with Gasteiger partial charge in [-0.1, -0.05) is 25.7 Å². The molecule has 1 aromatic rings. The first-order valence-corrected chi connectivity index (χ1v) is 7.14. The zero-order valence-electron chi connectivity index (χ0n) is 11.7. The summed E-state index contributed by atoms with van der Waals surface area (Å²) in [6.45, 7) is 1.48. The van der Waals surface area contributed by atoms with Crippen molar-refractivity contribution in [3.8, 4) is 0 Å². The molecule has 1 fully saturated rings. The Bertz CT molecular complexity index is 380. The molecule has 0 radical (unpaired) electrons. The first kappa shape index (κ1) is 16.9. The zero-order chi connectivity index (χ0) is 13.3. The van der Waals surface area contributed by atoms with Gasteiger partial charge >= 0.3 is 0 Å². The Morgan fingerprint density at radius 1 is 1.15 bits per heavy atom. The summed E-state index contributed by atoms with van der Waals surface area (Å²) in [6.07, 6.45) is 10.9. The molecule has 0 unspecified atom stereocenters. The van der Waals surface area contributed by atoms with E-state index in [-0.39, 0.29) is 18.3 Å². The Morgan fingerprint density at radius 3 is 2.55 bits per heavy atom. The Morgan fingerprint density at radius 2 is 1.90 bits per heavy atom. The summed E-state index contributed by atoms with van der Waals surface area (Å²) in [7, 11) is 0. The Balaban J connectivity index is 0.00000200. The maximum Gasteiger partial charge on any atom is 0.253 e. The van der Waals surface area contributed by atoms with E-state index in [2.05, 4.69) is 20.8 Å². The van der Waals surface area contributed by atoms with Crippen LogP contribution in [0, 0.1) is 0 Å². The molecule has 1 aromatic heterocycles. The number of hydrogen-bond donors (Lipinski definition) is 2. The molecule has 0 bridgehead atoms. The highest BCUT2D eigenvalue weighted by Gasteiger charge is 2.11. The van der Waals surface area contributed by atoms with Crippen LogP contribution in [0.4, 0.5) is 0 Å². The molecule has 1 amide bonds. The van der Waals surface area contributed by atoms with E-state index < -0.39 is 0 Å². The highest BCUT2D eigenvalue weighted by Crippen LogP contribution is 2.16. The second kappa shape index (κ2) is 9.66. The lowest BCUT2D eigenvalue weighted by atomic mass is 10.1. The molecule has 0 spiro atoms. The van der Waals surface area contributed by atoms with E-state index in [9.17, 15) is 4.79 Å². The molecule has 1 saturated carbocycles. The quantitative estimate of drug-likeness (QED) is 0.644. The molecule has 5 nitrogen and oxygen atoms in total. The van der Waals surface area contributed by atoms with Gasteiger partial charge in [-0.25, -0.2) is 0 Å². The third-order valence-electron chi connectivity index (χ3n) is 3.55. The molecule has 20 heavy (non-hydrogen) atoms. The SMILES string of the molecule is Cl.O=C(NCCNC1CCCCCC1)c1ccnnc1. The van der Waals surface area contributed by atoms with Gasteiger partial charge in [0.2, 0.25) is 0 Å². The third kappa shape index (κ3) is 5.84. The summed E-state index contributed by atoms with van der Waals surface area (Å²) in [5, 5.41) is 13.8. The second-order valence-electron chi connectivity index (χ2n) is 5.03. The van der Waals surface area contributed by atoms with Gasteiger partial charge in [-0.3, -0.25) is 4.79 Å². The highest BCUT2D eigenvalue weighted by atomic mass is 35.5. The van der Waals surface area contributed by atoms with Gasteiger partial charge in [0, 0.05) is 19.1 Å². The van der Waals surface area contributed by atoms with Gasteiger partial charge in [-0.05, 0) is 18.9 Å². The molecule has 6 heteroatoms. The minimum Gasteiger partial charge on any atom is -0.351 e. The van der Waals surface area contributed by atoms with Crippen LogP contribution in [0.15, 0.2) is 18.5 Å². The number of aromatic nitrogens is 2. The number of nitrogens with zero attached hydrogens (tertiary/aromatic N) is 2. The average Bonchev–Trinajstić information content (AvgIpc) is 2.73. The second-order valence-corrected chi connectivity index (χ2v) is 5.03. The van der Waals surface area contributed by atoms with Crippen LogP contribution in [-0.4, -0.2) is 35.2 Å². The van der Waals surface area contributed by atoms with Crippen LogP contribution in [0.3, 0.4) is 0 Å². The number of carbonyl (C=O) groups excluding carboxylic acids is 1. The van der Waals surface area contributed by atoms with E-state index in [4.69, 9.17) is 0 Å². The lowest BCUT2D eigenvalue weighted by Gasteiger charge is -2.16. The number of carbonyl (C=O) groups is 1. The van der Waals surface area contributed by atoms with Gasteiger partial charge in [0.05, 0.1) is 18.0 Å². The van der Waals surface area contributed by atoms with Crippen LogP contribution in [0.2, 0.25) is 0 Å². The van der Waals surface area contributed by atoms with E-state index in [0.29, 0.717) is 18.2 Å². The minimum absolute atomic E-state index is 0. The smallest absolute Gasteiger partial charge is 0.253 e. The molecular weight excluding hydrogens is 276 g/mol. The number of rotatable bonds is 5. The van der Waals surface area contributed by atoms with Gasteiger partial charge in [0.25, 0.3) is 5.91 Å². The molecule has 1 heterocycles. The lowest BCUT2D eigenvalue weighted by molar-refractivity contribution is 0.0953. The van der Waals surface area contributed by atoms with Crippen molar-refractivity contribution in [1.29, 1.82) is 0 Å². The van der Waals surface area contributed by atoms with Crippen molar-refractivity contribution < 1.29 is 4.79 Å². The van der Waals surface area contributed by atoms with Crippen molar-refractivity contribution in [2.24, 2.45) is 0 Å². The lowest BCUT2D eigenvalue weighted by Crippen LogP contribution is -2.36. The van der Waals surface area contributed by atoms with Crippen molar-refractivity contribution in [3.05, 3.63) is 24.0 Å². The van der Waals surface area contributed by atoms with Gasteiger partial charge in [-0.2, -0.15) is 10.2 Å². The van der Waals surface area contributed by atoms with Gasteiger partial charge in [0.15, 0.2) is 0 Å². The van der Waals surface area contributed by atoms with E-state index in [1.807, 2.05) is 0 Å². The average molecular weight is 299 g/mol. The van der Waals surface area contributed by atoms with Gasteiger partial charge < -0.3 is 10.6 Å². The molecule has 0 saturated heterocycles. The van der Waals surface area contributed by atoms with Crippen molar-refractivity contribution in [3.63, 3.8) is 0 Å². The number of hydrogen-bond acceptors (Lipinski definition) is 4. The predicted octanol–water partition coefficient (Wildman–Crippen LogP) is 1.94. The minimum atomic E-state index is -0.0856. The van der Waals surface area contributed by atoms with Crippen LogP contribution in [0.5, 0.6) is 0 Å². The van der Waals surface area contributed by atoms with Crippen LogP contribution in [0.25, 0.3) is 0 Å². The van der Waals surface area contributed by atoms with Crippen LogP contribution < -0.4 is 10.6 Å². The summed E-state index contributed by atoms with van der Waals surface area (Å²) >= 11 is 0. The maximum atomic E-state index is 11.7. The summed E-state index contributed by atoms with van der Waals surface area (Å²) in [6, 6.07) is 2.29. The first-order chi connectivity index (χ1) is 9.36. The highest BCUT2D eigenvalue weighted by molar-refractivity contribution is 5.93.